The van der Waals surface area contributed by atoms with Crippen LogP contribution < -0.4 is 10.1 Å². The molecule has 0 spiro atoms. The molecule has 1 aromatic carbocycles. The number of amides is 2. The Hall–Kier alpha value is -4.47. The number of carbonyl (C=O) groups is 4. The molecule has 1 aliphatic rings. The van der Waals surface area contributed by atoms with Crippen molar-refractivity contribution in [3.8, 4) is 5.88 Å². The van der Waals surface area contributed by atoms with E-state index in [0.717, 1.165) is 21.9 Å². The van der Waals surface area contributed by atoms with E-state index < -0.39 is 36.2 Å². The quantitative estimate of drug-likeness (QED) is 0.147. The van der Waals surface area contributed by atoms with Crippen molar-refractivity contribution in [3.63, 3.8) is 0 Å². The van der Waals surface area contributed by atoms with E-state index in [1.165, 1.54) is 18.1 Å². The summed E-state index contributed by atoms with van der Waals surface area (Å²) < 4.78 is 16.5. The highest BCUT2D eigenvalue weighted by Crippen LogP contribution is 2.29. The summed E-state index contributed by atoms with van der Waals surface area (Å²) in [7, 11) is 1.25. The predicted molar refractivity (Wildman–Crippen MR) is 160 cm³/mol. The molecule has 2 aromatic rings. The molecule has 0 radical (unpaired) electrons. The number of hydrogen-bond donors (Lipinski definition) is 1. The summed E-state index contributed by atoms with van der Waals surface area (Å²) >= 11 is 0. The number of carbonyl (C=O) groups excluding carboxylic acids is 4. The van der Waals surface area contributed by atoms with Gasteiger partial charge in [0.15, 0.2) is 5.78 Å². The molecule has 3 atom stereocenters. The number of likely N-dealkylation sites (tertiary alicyclic amines) is 1. The molecule has 1 aromatic heterocycles. The number of fused-ring (bicyclic) bond motifs is 1. The molecule has 0 aliphatic carbocycles. The Morgan fingerprint density at radius 2 is 1.98 bits per heavy atom. The van der Waals surface area contributed by atoms with Crippen molar-refractivity contribution in [2.75, 3.05) is 20.3 Å². The fourth-order valence-electron chi connectivity index (χ4n) is 4.74. The molecular formula is C32H39N3O7. The van der Waals surface area contributed by atoms with Gasteiger partial charge in [0.25, 0.3) is 0 Å². The predicted octanol–water partition coefficient (Wildman–Crippen LogP) is 4.78. The van der Waals surface area contributed by atoms with Crippen molar-refractivity contribution >= 4 is 40.6 Å². The van der Waals surface area contributed by atoms with Gasteiger partial charge < -0.3 is 24.4 Å². The van der Waals surface area contributed by atoms with Crippen molar-refractivity contribution in [2.24, 2.45) is 0 Å². The number of rotatable bonds is 14. The second-order valence-corrected chi connectivity index (χ2v) is 10.3. The minimum absolute atomic E-state index is 0.0144. The van der Waals surface area contributed by atoms with Gasteiger partial charge in [-0.25, -0.2) is 14.6 Å². The second kappa shape index (κ2) is 15.5. The fraction of sp³-hybridized carbons (Fsp3) is 0.406. The Labute approximate surface area is 246 Å². The van der Waals surface area contributed by atoms with Gasteiger partial charge in [0.1, 0.15) is 18.2 Å². The summed E-state index contributed by atoms with van der Waals surface area (Å²) in [5, 5.41) is 4.28. The van der Waals surface area contributed by atoms with E-state index in [9.17, 15) is 19.2 Å². The van der Waals surface area contributed by atoms with E-state index in [1.807, 2.05) is 24.3 Å². The Morgan fingerprint density at radius 1 is 1.19 bits per heavy atom. The van der Waals surface area contributed by atoms with Crippen LogP contribution in [-0.4, -0.2) is 72.1 Å². The lowest BCUT2D eigenvalue weighted by molar-refractivity contribution is -0.151. The smallest absolute Gasteiger partial charge is 0.407 e. The van der Waals surface area contributed by atoms with Crippen molar-refractivity contribution in [1.82, 2.24) is 15.2 Å². The minimum atomic E-state index is -1.11. The summed E-state index contributed by atoms with van der Waals surface area (Å²) in [5.74, 6) is -0.962. The number of pyridine rings is 1. The normalized spacial score (nSPS) is 16.7. The minimum Gasteiger partial charge on any atom is -0.472 e. The van der Waals surface area contributed by atoms with E-state index in [1.54, 1.807) is 32.2 Å². The van der Waals surface area contributed by atoms with Gasteiger partial charge in [0, 0.05) is 24.4 Å². The lowest BCUT2D eigenvalue weighted by Crippen LogP contribution is -2.52. The molecule has 1 N–H and O–H groups in total. The van der Waals surface area contributed by atoms with Crippen LogP contribution in [-0.2, 0) is 23.9 Å². The van der Waals surface area contributed by atoms with E-state index in [-0.39, 0.29) is 38.2 Å². The number of ether oxygens (including phenoxy) is 3. The average Bonchev–Trinajstić information content (AvgIpc) is 3.40. The summed E-state index contributed by atoms with van der Waals surface area (Å²) in [6.45, 7) is 11.2. The first-order chi connectivity index (χ1) is 20.2. The van der Waals surface area contributed by atoms with Crippen LogP contribution in [0.1, 0.15) is 51.5 Å². The van der Waals surface area contributed by atoms with Gasteiger partial charge in [-0.05, 0) is 62.3 Å². The Balaban J connectivity index is 1.82. The topological polar surface area (TPSA) is 124 Å². The molecule has 0 saturated carbocycles. The number of allylic oxidation sites excluding steroid dienone is 3. The number of methoxy groups -OCH3 is 1. The van der Waals surface area contributed by atoms with Crippen molar-refractivity contribution in [2.45, 2.75) is 64.1 Å². The Kier molecular flexibility index (Phi) is 11.8. The summed E-state index contributed by atoms with van der Waals surface area (Å²) in [4.78, 5) is 57.3. The van der Waals surface area contributed by atoms with Crippen LogP contribution in [0.3, 0.4) is 0 Å². The fourth-order valence-corrected chi connectivity index (χ4v) is 4.74. The Bertz CT molecular complexity index is 1350. The van der Waals surface area contributed by atoms with E-state index in [2.05, 4.69) is 23.5 Å². The highest BCUT2D eigenvalue weighted by molar-refractivity contribution is 5.93. The van der Waals surface area contributed by atoms with Gasteiger partial charge >= 0.3 is 12.1 Å². The molecule has 0 unspecified atom stereocenters. The molecule has 3 rings (SSSR count). The SMILES string of the molecule is C=CCCCOC(=O)N[C@@H](CCC(=O)C=C(C)C)C(=O)N1C[C@H](Oc2nccc3ccc(C=C)cc23)C[C@H]1C(=O)OC. The lowest BCUT2D eigenvalue weighted by atomic mass is 10.1. The first-order valence-corrected chi connectivity index (χ1v) is 13.9. The number of nitrogens with zero attached hydrogens (tertiary/aromatic N) is 2. The zero-order valence-corrected chi connectivity index (χ0v) is 24.5. The van der Waals surface area contributed by atoms with Crippen LogP contribution >= 0.6 is 0 Å². The number of nitrogens with one attached hydrogen (secondary N) is 1. The maximum atomic E-state index is 13.8. The first kappa shape index (κ1) is 32.0. The van der Waals surface area contributed by atoms with Gasteiger partial charge in [0.2, 0.25) is 11.8 Å². The number of alkyl carbamates (subject to hydrolysis) is 1. The zero-order chi connectivity index (χ0) is 30.6. The third-order valence-corrected chi connectivity index (χ3v) is 6.79. The molecule has 224 valence electrons. The van der Waals surface area contributed by atoms with Crippen LogP contribution in [0.15, 0.2) is 61.3 Å². The summed E-state index contributed by atoms with van der Waals surface area (Å²) in [6, 6.07) is 5.58. The van der Waals surface area contributed by atoms with E-state index in [4.69, 9.17) is 14.2 Å². The maximum absolute atomic E-state index is 13.8. The number of esters is 1. The van der Waals surface area contributed by atoms with Crippen LogP contribution in [0.2, 0.25) is 0 Å². The highest BCUT2D eigenvalue weighted by atomic mass is 16.5. The maximum Gasteiger partial charge on any atom is 0.407 e. The van der Waals surface area contributed by atoms with E-state index in [0.29, 0.717) is 18.7 Å². The largest absolute Gasteiger partial charge is 0.472 e. The summed E-state index contributed by atoms with van der Waals surface area (Å²) in [5.41, 5.74) is 1.72. The van der Waals surface area contributed by atoms with E-state index >= 15 is 0 Å². The van der Waals surface area contributed by atoms with Crippen LogP contribution in [0.25, 0.3) is 16.8 Å². The standard InChI is InChI=1S/C32H39N3O7/c1-6-8-9-16-41-32(39)34-27(13-12-24(36)17-21(3)4)30(37)35-20-25(19-28(35)31(38)40-5)42-29-26-18-22(7-2)10-11-23(26)14-15-33-29/h6-7,10-11,14-15,17-18,25,27-28H,1-2,8-9,12-13,16,19-20H2,3-5H3,(H,34,39)/t25-,27+,28+/m1/s1. The van der Waals surface area contributed by atoms with Crippen molar-refractivity contribution < 1.29 is 33.4 Å². The monoisotopic (exact) mass is 577 g/mol. The molecule has 1 fully saturated rings. The van der Waals surface area contributed by atoms with Gasteiger partial charge in [0.05, 0.1) is 20.3 Å². The van der Waals surface area contributed by atoms with Crippen LogP contribution in [0.5, 0.6) is 5.88 Å². The summed E-state index contributed by atoms with van der Waals surface area (Å²) in [6.07, 6.45) is 6.64. The third-order valence-electron chi connectivity index (χ3n) is 6.79. The number of aromatic nitrogens is 1. The molecule has 10 heteroatoms. The van der Waals surface area contributed by atoms with Gasteiger partial charge in [-0.1, -0.05) is 36.4 Å². The van der Waals surface area contributed by atoms with Crippen molar-refractivity contribution in [1.29, 1.82) is 0 Å². The first-order valence-electron chi connectivity index (χ1n) is 13.9. The highest BCUT2D eigenvalue weighted by Gasteiger charge is 2.44. The molecule has 0 bridgehead atoms. The lowest BCUT2D eigenvalue weighted by Gasteiger charge is -2.27. The van der Waals surface area contributed by atoms with Crippen molar-refractivity contribution in [3.05, 3.63) is 66.9 Å². The number of unbranched alkanes of at least 4 members (excludes halogenated alkanes) is 1. The average molecular weight is 578 g/mol. The van der Waals surface area contributed by atoms with Crippen LogP contribution in [0.4, 0.5) is 4.79 Å². The molecule has 10 nitrogen and oxygen atoms in total. The van der Waals surface area contributed by atoms with Gasteiger partial charge in [-0.15, -0.1) is 6.58 Å². The third kappa shape index (κ3) is 8.76. The van der Waals surface area contributed by atoms with Gasteiger partial charge in [-0.3, -0.25) is 9.59 Å². The Morgan fingerprint density at radius 3 is 2.67 bits per heavy atom. The van der Waals surface area contributed by atoms with Gasteiger partial charge in [-0.2, -0.15) is 0 Å². The molecule has 2 amide bonds. The van der Waals surface area contributed by atoms with Crippen LogP contribution in [0, 0.1) is 0 Å². The molecule has 42 heavy (non-hydrogen) atoms. The number of ketones is 1. The number of benzene rings is 1. The molecular weight excluding hydrogens is 538 g/mol. The molecule has 1 aliphatic heterocycles. The zero-order valence-electron chi connectivity index (χ0n) is 24.5. The molecule has 2 heterocycles. The number of hydrogen-bond acceptors (Lipinski definition) is 8. The second-order valence-electron chi connectivity index (χ2n) is 10.3. The molecule has 1 saturated heterocycles.